The number of nitrogen functional groups attached to an aromatic ring is 1. The van der Waals surface area contributed by atoms with Crippen LogP contribution in [0.4, 0.5) is 5.69 Å². The molecule has 5 rings (SSSR count). The van der Waals surface area contributed by atoms with Crippen LogP contribution >= 0.6 is 0 Å². The topological polar surface area (TPSA) is 80.9 Å². The number of hydrogen-bond donors (Lipinski definition) is 1. The minimum atomic E-state index is -0.549. The summed E-state index contributed by atoms with van der Waals surface area (Å²) >= 11 is 0. The van der Waals surface area contributed by atoms with Crippen molar-refractivity contribution in [1.82, 2.24) is 14.8 Å². The molecule has 4 heterocycles. The third-order valence-electron chi connectivity index (χ3n) is 8.19. The number of aromatic nitrogens is 1. The third kappa shape index (κ3) is 4.96. The number of hydrogen-bond acceptors (Lipinski definition) is 6. The van der Waals surface area contributed by atoms with Crippen molar-refractivity contribution < 1.29 is 14.3 Å². The number of amides is 1. The molecule has 0 bridgehead atoms. The van der Waals surface area contributed by atoms with Crippen LogP contribution in [0.3, 0.4) is 0 Å². The van der Waals surface area contributed by atoms with Gasteiger partial charge in [0.2, 0.25) is 5.79 Å². The van der Waals surface area contributed by atoms with Crippen LogP contribution in [-0.2, 0) is 6.54 Å². The summed E-state index contributed by atoms with van der Waals surface area (Å²) in [5.74, 6) is 1.28. The highest BCUT2D eigenvalue weighted by Crippen LogP contribution is 2.45. The molecule has 1 atom stereocenters. The van der Waals surface area contributed by atoms with E-state index in [2.05, 4.69) is 35.9 Å². The highest BCUT2D eigenvalue weighted by atomic mass is 16.7. The van der Waals surface area contributed by atoms with E-state index in [9.17, 15) is 4.79 Å². The van der Waals surface area contributed by atoms with Crippen molar-refractivity contribution in [2.75, 3.05) is 31.9 Å². The monoisotopic (exact) mass is 478 g/mol. The second kappa shape index (κ2) is 9.69. The molecule has 1 amide bonds. The first kappa shape index (κ1) is 23.9. The number of nitrogens with zero attached hydrogens (tertiary/aromatic N) is 3. The number of benzene rings is 1. The number of rotatable bonds is 6. The Bertz CT molecular complexity index is 1060. The standard InChI is InChI=1S/C28H38N4O3/c1-3-4-9-27(2)34-24-7-5-6-21(25(24)35-27)20-31-15-10-28(11-16-31)12-17-32(18-13-28)26(33)22-8-14-30-19-23(22)29/h5-8,14,19H,3-4,9-13,15-18,20,29H2,1-2H3. The summed E-state index contributed by atoms with van der Waals surface area (Å²) in [5.41, 5.74) is 8.56. The number of ether oxygens (including phenoxy) is 2. The summed E-state index contributed by atoms with van der Waals surface area (Å²) in [4.78, 5) is 21.4. The molecule has 2 aromatic rings. The van der Waals surface area contributed by atoms with Gasteiger partial charge in [-0.25, -0.2) is 0 Å². The highest BCUT2D eigenvalue weighted by Gasteiger charge is 2.40. The Labute approximate surface area is 208 Å². The number of carbonyl (C=O) groups is 1. The Morgan fingerprint density at radius 1 is 1.09 bits per heavy atom. The number of piperidine rings is 2. The van der Waals surface area contributed by atoms with Gasteiger partial charge in [0.05, 0.1) is 17.4 Å². The molecule has 7 heteroatoms. The molecule has 1 spiro atoms. The van der Waals surface area contributed by atoms with Gasteiger partial charge in [-0.1, -0.05) is 25.5 Å². The SMILES string of the molecule is CCCCC1(C)Oc2cccc(CN3CCC4(CC3)CCN(C(=O)c3ccncc3N)CC4)c2O1. The van der Waals surface area contributed by atoms with Crippen molar-refractivity contribution in [3.05, 3.63) is 47.8 Å². The fraction of sp³-hybridized carbons (Fsp3) is 0.571. The smallest absolute Gasteiger partial charge is 0.256 e. The van der Waals surface area contributed by atoms with E-state index in [-0.39, 0.29) is 5.91 Å². The molecule has 188 valence electrons. The summed E-state index contributed by atoms with van der Waals surface area (Å²) < 4.78 is 12.6. The largest absolute Gasteiger partial charge is 0.449 e. The molecule has 2 fully saturated rings. The lowest BCUT2D eigenvalue weighted by atomic mass is 9.71. The van der Waals surface area contributed by atoms with Crippen molar-refractivity contribution in [2.45, 2.75) is 71.1 Å². The predicted octanol–water partition coefficient (Wildman–Crippen LogP) is 4.86. The van der Waals surface area contributed by atoms with Gasteiger partial charge in [-0.15, -0.1) is 0 Å². The lowest BCUT2D eigenvalue weighted by molar-refractivity contribution is -0.0699. The van der Waals surface area contributed by atoms with Crippen molar-refractivity contribution in [3.63, 3.8) is 0 Å². The number of likely N-dealkylation sites (tertiary alicyclic amines) is 2. The Morgan fingerprint density at radius 3 is 2.54 bits per heavy atom. The molecule has 3 aliphatic heterocycles. The van der Waals surface area contributed by atoms with Gasteiger partial charge in [0.15, 0.2) is 11.5 Å². The van der Waals surface area contributed by atoms with Crippen molar-refractivity contribution >= 4 is 11.6 Å². The van der Waals surface area contributed by atoms with Gasteiger partial charge < -0.3 is 20.1 Å². The van der Waals surface area contributed by atoms with Crippen molar-refractivity contribution in [1.29, 1.82) is 0 Å². The zero-order valence-corrected chi connectivity index (χ0v) is 21.1. The van der Waals surface area contributed by atoms with Crippen LogP contribution in [0.15, 0.2) is 36.7 Å². The number of pyridine rings is 1. The Morgan fingerprint density at radius 2 is 1.83 bits per heavy atom. The van der Waals surface area contributed by atoms with Gasteiger partial charge in [-0.2, -0.15) is 0 Å². The quantitative estimate of drug-likeness (QED) is 0.639. The zero-order chi connectivity index (χ0) is 24.5. The Hall–Kier alpha value is -2.80. The summed E-state index contributed by atoms with van der Waals surface area (Å²) in [5, 5.41) is 0. The maximum absolute atomic E-state index is 12.9. The molecular weight excluding hydrogens is 440 g/mol. The number of nitrogens with two attached hydrogens (primary N) is 1. The summed E-state index contributed by atoms with van der Waals surface area (Å²) in [6.07, 6.45) is 10.8. The molecule has 1 aromatic heterocycles. The molecule has 3 aliphatic rings. The van der Waals surface area contributed by atoms with E-state index in [0.29, 0.717) is 16.7 Å². The second-order valence-corrected chi connectivity index (χ2v) is 10.7. The highest BCUT2D eigenvalue weighted by molar-refractivity contribution is 5.98. The first-order valence-electron chi connectivity index (χ1n) is 13.1. The summed E-state index contributed by atoms with van der Waals surface area (Å²) in [7, 11) is 0. The van der Waals surface area contributed by atoms with Crippen LogP contribution in [0.25, 0.3) is 0 Å². The van der Waals surface area contributed by atoms with E-state index in [4.69, 9.17) is 15.2 Å². The number of anilines is 1. The average molecular weight is 479 g/mol. The van der Waals surface area contributed by atoms with Gasteiger partial charge in [0, 0.05) is 44.7 Å². The van der Waals surface area contributed by atoms with Crippen LogP contribution in [-0.4, -0.2) is 52.7 Å². The zero-order valence-electron chi connectivity index (χ0n) is 21.1. The van der Waals surface area contributed by atoms with E-state index in [0.717, 1.165) is 76.3 Å². The normalized spacial score (nSPS) is 23.5. The van der Waals surface area contributed by atoms with Crippen LogP contribution in [0.2, 0.25) is 0 Å². The van der Waals surface area contributed by atoms with Crippen molar-refractivity contribution in [3.8, 4) is 11.5 Å². The molecule has 2 saturated heterocycles. The van der Waals surface area contributed by atoms with E-state index >= 15 is 0 Å². The van der Waals surface area contributed by atoms with E-state index in [1.54, 1.807) is 18.5 Å². The van der Waals surface area contributed by atoms with Crippen LogP contribution in [0.1, 0.15) is 74.7 Å². The Kier molecular flexibility index (Phi) is 6.62. The molecule has 0 aliphatic carbocycles. The van der Waals surface area contributed by atoms with E-state index < -0.39 is 5.79 Å². The van der Waals surface area contributed by atoms with Gasteiger partial charge in [0.25, 0.3) is 5.91 Å². The molecule has 2 N–H and O–H groups in total. The van der Waals surface area contributed by atoms with E-state index in [1.165, 1.54) is 18.4 Å². The lowest BCUT2D eigenvalue weighted by Gasteiger charge is -2.47. The first-order chi connectivity index (χ1) is 16.9. The number of para-hydroxylation sites is 1. The average Bonchev–Trinajstić information content (AvgIpc) is 3.22. The van der Waals surface area contributed by atoms with E-state index in [1.807, 2.05) is 11.0 Å². The van der Waals surface area contributed by atoms with Crippen LogP contribution in [0.5, 0.6) is 11.5 Å². The minimum Gasteiger partial charge on any atom is -0.449 e. The summed E-state index contributed by atoms with van der Waals surface area (Å²) in [6.45, 7) is 8.88. The minimum absolute atomic E-state index is 0.0308. The summed E-state index contributed by atoms with van der Waals surface area (Å²) in [6, 6.07) is 8.00. The number of carbonyl (C=O) groups excluding carboxylic acids is 1. The molecular formula is C28H38N4O3. The van der Waals surface area contributed by atoms with Gasteiger partial charge in [-0.3, -0.25) is 14.7 Å². The van der Waals surface area contributed by atoms with Crippen LogP contribution in [0, 0.1) is 5.41 Å². The fourth-order valence-electron chi connectivity index (χ4n) is 5.83. The molecule has 1 unspecified atom stereocenters. The van der Waals surface area contributed by atoms with Gasteiger partial charge in [0.1, 0.15) is 0 Å². The van der Waals surface area contributed by atoms with Gasteiger partial charge in [-0.05, 0) is 62.7 Å². The number of unbranched alkanes of at least 4 members (excludes halogenated alkanes) is 1. The van der Waals surface area contributed by atoms with Crippen LogP contribution < -0.4 is 15.2 Å². The molecule has 1 aromatic carbocycles. The molecule has 0 saturated carbocycles. The Balaban J connectivity index is 1.15. The molecule has 35 heavy (non-hydrogen) atoms. The maximum atomic E-state index is 12.9. The second-order valence-electron chi connectivity index (χ2n) is 10.7. The first-order valence-corrected chi connectivity index (χ1v) is 13.1. The van der Waals surface area contributed by atoms with Crippen molar-refractivity contribution in [2.24, 2.45) is 5.41 Å². The lowest BCUT2D eigenvalue weighted by Crippen LogP contribution is -2.48. The third-order valence-corrected chi connectivity index (χ3v) is 8.19. The fourth-order valence-corrected chi connectivity index (χ4v) is 5.83. The predicted molar refractivity (Wildman–Crippen MR) is 136 cm³/mol. The maximum Gasteiger partial charge on any atom is 0.256 e. The number of fused-ring (bicyclic) bond motifs is 1. The molecule has 0 radical (unpaired) electrons. The molecule has 7 nitrogen and oxygen atoms in total. The van der Waals surface area contributed by atoms with Gasteiger partial charge >= 0.3 is 0 Å².